The highest BCUT2D eigenvalue weighted by atomic mass is 15.1. The van der Waals surface area contributed by atoms with Crippen LogP contribution in [0.2, 0.25) is 0 Å². The Morgan fingerprint density at radius 2 is 2.18 bits per heavy atom. The topological polar surface area (TPSA) is 24.1 Å². The number of fused-ring (bicyclic) bond motifs is 1. The van der Waals surface area contributed by atoms with E-state index in [-0.39, 0.29) is 0 Å². The van der Waals surface area contributed by atoms with Crippen molar-refractivity contribution >= 4 is 0 Å². The lowest BCUT2D eigenvalue weighted by atomic mass is 9.84. The van der Waals surface area contributed by atoms with Gasteiger partial charge in [0.15, 0.2) is 0 Å². The van der Waals surface area contributed by atoms with Crippen LogP contribution >= 0.6 is 0 Å². The van der Waals surface area contributed by atoms with Gasteiger partial charge in [-0.3, -0.25) is 0 Å². The van der Waals surface area contributed by atoms with E-state index in [0.717, 1.165) is 11.8 Å². The van der Waals surface area contributed by atoms with Gasteiger partial charge in [-0.1, -0.05) is 6.92 Å². The normalized spacial score (nSPS) is 45.0. The molecular formula is C9H18N2. The van der Waals surface area contributed by atoms with Crippen LogP contribution in [0, 0.1) is 11.8 Å². The minimum atomic E-state index is 0.639. The summed E-state index contributed by atoms with van der Waals surface area (Å²) in [6, 6.07) is 0. The van der Waals surface area contributed by atoms with Gasteiger partial charge >= 0.3 is 0 Å². The first kappa shape index (κ1) is 7.56. The molecule has 2 unspecified atom stereocenters. The molecule has 0 aromatic heterocycles. The number of rotatable bonds is 0. The summed E-state index contributed by atoms with van der Waals surface area (Å²) >= 11 is 0. The molecule has 2 fully saturated rings. The Bertz CT molecular complexity index is 136. The number of nitrogens with one attached hydrogen (secondary N) is 2. The van der Waals surface area contributed by atoms with E-state index >= 15 is 0 Å². The Kier molecular flexibility index (Phi) is 2.14. The van der Waals surface area contributed by atoms with E-state index in [1.807, 2.05) is 0 Å². The van der Waals surface area contributed by atoms with Crippen LogP contribution in [-0.2, 0) is 0 Å². The highest BCUT2D eigenvalue weighted by Gasteiger charge is 2.29. The van der Waals surface area contributed by atoms with Crippen LogP contribution in [0.5, 0.6) is 0 Å². The summed E-state index contributed by atoms with van der Waals surface area (Å²) in [5.74, 6) is 1.80. The highest BCUT2D eigenvalue weighted by molar-refractivity contribution is 4.85. The SMILES string of the molecule is C[C@@H]1CNC2NCCCC2C1. The lowest BCUT2D eigenvalue weighted by Crippen LogP contribution is -2.55. The smallest absolute Gasteiger partial charge is 0.0600 e. The molecule has 2 aliphatic heterocycles. The molecule has 11 heavy (non-hydrogen) atoms. The molecular weight excluding hydrogens is 136 g/mol. The maximum absolute atomic E-state index is 3.56. The van der Waals surface area contributed by atoms with Crippen molar-refractivity contribution in [1.82, 2.24) is 10.6 Å². The van der Waals surface area contributed by atoms with Crippen LogP contribution in [0.25, 0.3) is 0 Å². The van der Waals surface area contributed by atoms with Crippen molar-refractivity contribution in [3.63, 3.8) is 0 Å². The minimum absolute atomic E-state index is 0.639. The lowest BCUT2D eigenvalue weighted by molar-refractivity contribution is 0.158. The van der Waals surface area contributed by atoms with Gasteiger partial charge in [-0.15, -0.1) is 0 Å². The molecule has 3 atom stereocenters. The Hall–Kier alpha value is -0.0800. The van der Waals surface area contributed by atoms with E-state index in [1.165, 1.54) is 32.4 Å². The van der Waals surface area contributed by atoms with Crippen molar-refractivity contribution in [2.75, 3.05) is 13.1 Å². The van der Waals surface area contributed by atoms with Crippen LogP contribution in [0.3, 0.4) is 0 Å². The van der Waals surface area contributed by atoms with Crippen molar-refractivity contribution < 1.29 is 0 Å². The fourth-order valence-corrected chi connectivity index (χ4v) is 2.38. The molecule has 2 aliphatic rings. The van der Waals surface area contributed by atoms with E-state index in [1.54, 1.807) is 0 Å². The largest absolute Gasteiger partial charge is 0.302 e. The van der Waals surface area contributed by atoms with Crippen molar-refractivity contribution in [3.8, 4) is 0 Å². The molecule has 0 bridgehead atoms. The van der Waals surface area contributed by atoms with Crippen molar-refractivity contribution in [3.05, 3.63) is 0 Å². The van der Waals surface area contributed by atoms with E-state index < -0.39 is 0 Å². The fraction of sp³-hybridized carbons (Fsp3) is 1.00. The summed E-state index contributed by atoms with van der Waals surface area (Å²) in [6.07, 6.45) is 4.86. The summed E-state index contributed by atoms with van der Waals surface area (Å²) in [7, 11) is 0. The maximum Gasteiger partial charge on any atom is 0.0600 e. The molecule has 64 valence electrons. The second kappa shape index (κ2) is 3.11. The first-order chi connectivity index (χ1) is 5.36. The van der Waals surface area contributed by atoms with Gasteiger partial charge in [-0.2, -0.15) is 0 Å². The molecule has 0 spiro atoms. The van der Waals surface area contributed by atoms with E-state index in [0.29, 0.717) is 6.17 Å². The average Bonchev–Trinajstić information content (AvgIpc) is 2.04. The first-order valence-electron chi connectivity index (χ1n) is 4.83. The van der Waals surface area contributed by atoms with Crippen LogP contribution in [-0.4, -0.2) is 19.3 Å². The monoisotopic (exact) mass is 154 g/mol. The fourth-order valence-electron chi connectivity index (χ4n) is 2.38. The van der Waals surface area contributed by atoms with Crippen molar-refractivity contribution in [2.24, 2.45) is 11.8 Å². The zero-order chi connectivity index (χ0) is 7.68. The zero-order valence-corrected chi connectivity index (χ0v) is 7.27. The second-order valence-corrected chi connectivity index (χ2v) is 4.08. The zero-order valence-electron chi connectivity index (χ0n) is 7.27. The summed E-state index contributed by atoms with van der Waals surface area (Å²) in [5, 5.41) is 7.09. The maximum atomic E-state index is 3.56. The Balaban J connectivity index is 1.93. The van der Waals surface area contributed by atoms with Gasteiger partial charge in [0.2, 0.25) is 0 Å². The molecule has 2 heteroatoms. The van der Waals surface area contributed by atoms with E-state index in [2.05, 4.69) is 17.6 Å². The van der Waals surface area contributed by atoms with Gasteiger partial charge in [-0.25, -0.2) is 0 Å². The van der Waals surface area contributed by atoms with Gasteiger partial charge in [0.25, 0.3) is 0 Å². The molecule has 0 amide bonds. The van der Waals surface area contributed by atoms with Gasteiger partial charge in [0.1, 0.15) is 0 Å². The van der Waals surface area contributed by atoms with Gasteiger partial charge < -0.3 is 10.6 Å². The number of hydrogen-bond acceptors (Lipinski definition) is 2. The third-order valence-electron chi connectivity index (χ3n) is 2.98. The van der Waals surface area contributed by atoms with Gasteiger partial charge in [-0.05, 0) is 44.2 Å². The van der Waals surface area contributed by atoms with E-state index in [4.69, 9.17) is 0 Å². The highest BCUT2D eigenvalue weighted by Crippen LogP contribution is 2.25. The third-order valence-corrected chi connectivity index (χ3v) is 2.98. The molecule has 0 radical (unpaired) electrons. The van der Waals surface area contributed by atoms with Gasteiger partial charge in [0.05, 0.1) is 6.17 Å². The molecule has 2 saturated heterocycles. The molecule has 0 saturated carbocycles. The summed E-state index contributed by atoms with van der Waals surface area (Å²) < 4.78 is 0. The predicted molar refractivity (Wildman–Crippen MR) is 46.3 cm³/mol. The molecule has 0 aromatic carbocycles. The first-order valence-corrected chi connectivity index (χ1v) is 4.83. The Morgan fingerprint density at radius 1 is 1.27 bits per heavy atom. The molecule has 2 nitrogen and oxygen atoms in total. The Morgan fingerprint density at radius 3 is 3.09 bits per heavy atom. The molecule has 0 aromatic rings. The standard InChI is InChI=1S/C9H18N2/c1-7-5-8-3-2-4-10-9(8)11-6-7/h7-11H,2-6H2,1H3/t7-,8?,9?/m0/s1. The Labute approximate surface area is 68.7 Å². The van der Waals surface area contributed by atoms with Gasteiger partial charge in [0, 0.05) is 0 Å². The summed E-state index contributed by atoms with van der Waals surface area (Å²) in [6.45, 7) is 4.76. The molecule has 2 N–H and O–H groups in total. The molecule has 2 rings (SSSR count). The predicted octanol–water partition coefficient (Wildman–Crippen LogP) is 0.941. The van der Waals surface area contributed by atoms with Crippen molar-refractivity contribution in [2.45, 2.75) is 32.4 Å². The number of hydrogen-bond donors (Lipinski definition) is 2. The van der Waals surface area contributed by atoms with Crippen molar-refractivity contribution in [1.29, 1.82) is 0 Å². The van der Waals surface area contributed by atoms with Crippen LogP contribution in [0.1, 0.15) is 26.2 Å². The molecule has 0 aliphatic carbocycles. The molecule has 2 heterocycles. The van der Waals surface area contributed by atoms with Crippen LogP contribution < -0.4 is 10.6 Å². The second-order valence-electron chi connectivity index (χ2n) is 4.08. The summed E-state index contributed by atoms with van der Waals surface area (Å²) in [4.78, 5) is 0. The van der Waals surface area contributed by atoms with Crippen LogP contribution in [0.4, 0.5) is 0 Å². The summed E-state index contributed by atoms with van der Waals surface area (Å²) in [5.41, 5.74) is 0. The third kappa shape index (κ3) is 1.57. The van der Waals surface area contributed by atoms with Crippen LogP contribution in [0.15, 0.2) is 0 Å². The number of piperidine rings is 2. The lowest BCUT2D eigenvalue weighted by Gasteiger charge is -2.39. The average molecular weight is 154 g/mol. The van der Waals surface area contributed by atoms with E-state index in [9.17, 15) is 0 Å². The minimum Gasteiger partial charge on any atom is -0.302 e. The quantitative estimate of drug-likeness (QED) is 0.542.